The summed E-state index contributed by atoms with van der Waals surface area (Å²) >= 11 is 5.93. The molecule has 8 aromatic heterocycles. The smallest absolute Gasteiger partial charge is 0.423 e. The zero-order valence-corrected chi connectivity index (χ0v) is 33.6. The van der Waals surface area contributed by atoms with E-state index in [9.17, 15) is 26.3 Å². The minimum absolute atomic E-state index is 0.0301. The van der Waals surface area contributed by atoms with Gasteiger partial charge in [-0.05, 0) is 93.3 Å². The van der Waals surface area contributed by atoms with Gasteiger partial charge in [0.1, 0.15) is 11.4 Å². The van der Waals surface area contributed by atoms with E-state index >= 15 is 0 Å². The molecule has 320 valence electrons. The molecule has 0 radical (unpaired) electrons. The van der Waals surface area contributed by atoms with Gasteiger partial charge in [0.05, 0.1) is 12.7 Å². The van der Waals surface area contributed by atoms with Gasteiger partial charge in [0, 0.05) is 66.2 Å². The standard InChI is InChI=1S/C19H16F3N7.C14H12ClF3N6.C5H6BNO2/c1-11(2)29-10-25-15-17(26-13-5-8-24-14(9-13)19(20,21)22)27-16(28-18(15)29)12-3-6-23-7-4-12;1-7(2)24-6-20-10-11(22-13(15)23-12(10)24)21-8-3-4-19-9(5-8)14(16,17)18;8-6(9)5-1-3-7-4-2-5/h3-11H,1-2H3,(H,24,26,27,28);3-7H,1-2H3,(H,19,21,22,23);1-4,8-9H. The Morgan fingerprint density at radius 3 is 1.48 bits per heavy atom. The third kappa shape index (κ3) is 10.9. The molecule has 62 heavy (non-hydrogen) atoms. The average Bonchev–Trinajstić information content (AvgIpc) is 3.87. The van der Waals surface area contributed by atoms with Crippen molar-refractivity contribution in [3.63, 3.8) is 0 Å². The molecule has 0 unspecified atom stereocenters. The Morgan fingerprint density at radius 1 is 0.597 bits per heavy atom. The number of halogens is 7. The van der Waals surface area contributed by atoms with Crippen molar-refractivity contribution >= 4 is 69.5 Å². The van der Waals surface area contributed by atoms with E-state index in [0.717, 1.165) is 30.1 Å². The highest BCUT2D eigenvalue weighted by molar-refractivity contribution is 6.58. The summed E-state index contributed by atoms with van der Waals surface area (Å²) in [4.78, 5) is 40.3. The summed E-state index contributed by atoms with van der Waals surface area (Å²) in [7, 11) is -1.38. The third-order valence-electron chi connectivity index (χ3n) is 8.50. The van der Waals surface area contributed by atoms with Crippen LogP contribution in [0, 0.1) is 0 Å². The Labute approximate surface area is 353 Å². The topological polar surface area (TPSA) is 203 Å². The van der Waals surface area contributed by atoms with Crippen LogP contribution in [0.1, 0.15) is 51.2 Å². The first kappa shape index (κ1) is 44.7. The molecule has 0 aliphatic rings. The van der Waals surface area contributed by atoms with Gasteiger partial charge in [-0.25, -0.2) is 19.9 Å². The molecule has 8 rings (SSSR count). The van der Waals surface area contributed by atoms with Crippen molar-refractivity contribution in [3.05, 3.63) is 115 Å². The van der Waals surface area contributed by atoms with Crippen molar-refractivity contribution in [1.29, 1.82) is 0 Å². The number of nitrogens with zero attached hydrogens (tertiary/aromatic N) is 12. The number of fused-ring (bicyclic) bond motifs is 2. The van der Waals surface area contributed by atoms with Crippen molar-refractivity contribution < 1.29 is 36.4 Å². The Kier molecular flexibility index (Phi) is 13.6. The Bertz CT molecular complexity index is 2760. The van der Waals surface area contributed by atoms with Gasteiger partial charge < -0.3 is 29.8 Å². The van der Waals surface area contributed by atoms with Crippen molar-refractivity contribution in [2.24, 2.45) is 0 Å². The van der Waals surface area contributed by atoms with Gasteiger partial charge in [-0.2, -0.15) is 36.3 Å². The van der Waals surface area contributed by atoms with E-state index in [1.807, 2.05) is 32.3 Å². The molecule has 16 nitrogen and oxygen atoms in total. The number of anilines is 4. The number of rotatable bonds is 8. The van der Waals surface area contributed by atoms with Crippen LogP contribution in [-0.4, -0.2) is 76.1 Å². The maximum atomic E-state index is 13.0. The van der Waals surface area contributed by atoms with Gasteiger partial charge in [0.2, 0.25) is 5.28 Å². The van der Waals surface area contributed by atoms with Gasteiger partial charge in [-0.3, -0.25) is 19.9 Å². The SMILES string of the molecule is CC(C)n1cnc2c(Nc3ccnc(C(F)(F)F)c3)nc(-c3ccncc3)nc21.CC(C)n1cnc2c(Nc3ccnc(C(F)(F)F)c3)nc(Cl)nc21.OB(O)c1ccncc1. The number of alkyl halides is 6. The lowest BCUT2D eigenvalue weighted by molar-refractivity contribution is -0.141. The summed E-state index contributed by atoms with van der Waals surface area (Å²) in [6.07, 6.45) is 2.57. The Hall–Kier alpha value is -6.85. The van der Waals surface area contributed by atoms with Gasteiger partial charge in [-0.1, -0.05) is 0 Å². The van der Waals surface area contributed by atoms with Crippen LogP contribution in [-0.2, 0) is 12.4 Å². The second-order valence-electron chi connectivity index (χ2n) is 13.6. The molecule has 24 heteroatoms. The quantitative estimate of drug-likeness (QED) is 0.0660. The summed E-state index contributed by atoms with van der Waals surface area (Å²) in [5, 5.41) is 22.8. The fraction of sp³-hybridized carbons (Fsp3) is 0.211. The molecule has 0 bridgehead atoms. The van der Waals surface area contributed by atoms with E-state index in [-0.39, 0.29) is 34.6 Å². The molecule has 0 aliphatic heterocycles. The zero-order valence-electron chi connectivity index (χ0n) is 32.9. The van der Waals surface area contributed by atoms with E-state index in [0.29, 0.717) is 39.4 Å². The first-order valence-electron chi connectivity index (χ1n) is 18.3. The molecular formula is C38H34BClF6N14O2. The fourth-order valence-electron chi connectivity index (χ4n) is 5.50. The van der Waals surface area contributed by atoms with Crippen LogP contribution in [0.4, 0.5) is 49.4 Å². The minimum Gasteiger partial charge on any atom is -0.423 e. The number of pyridine rings is 4. The number of imidazole rings is 2. The minimum atomic E-state index is -4.54. The van der Waals surface area contributed by atoms with E-state index in [1.165, 1.54) is 24.5 Å². The maximum absolute atomic E-state index is 13.0. The lowest BCUT2D eigenvalue weighted by Crippen LogP contribution is -2.29. The summed E-state index contributed by atoms with van der Waals surface area (Å²) in [5.41, 5.74) is 1.52. The van der Waals surface area contributed by atoms with E-state index in [2.05, 4.69) is 60.5 Å². The second-order valence-corrected chi connectivity index (χ2v) is 13.9. The predicted octanol–water partition coefficient (Wildman–Crippen LogP) is 7.61. The third-order valence-corrected chi connectivity index (χ3v) is 8.67. The van der Waals surface area contributed by atoms with Crippen LogP contribution in [0.5, 0.6) is 0 Å². The van der Waals surface area contributed by atoms with Crippen LogP contribution in [0.2, 0.25) is 5.28 Å². The summed E-state index contributed by atoms with van der Waals surface area (Å²) < 4.78 is 81.0. The Morgan fingerprint density at radius 2 is 1.05 bits per heavy atom. The van der Waals surface area contributed by atoms with Crippen LogP contribution in [0.3, 0.4) is 0 Å². The normalized spacial score (nSPS) is 11.6. The van der Waals surface area contributed by atoms with E-state index in [4.69, 9.17) is 21.6 Å². The highest BCUT2D eigenvalue weighted by Crippen LogP contribution is 2.33. The Balaban J connectivity index is 0.000000175. The predicted molar refractivity (Wildman–Crippen MR) is 219 cm³/mol. The van der Waals surface area contributed by atoms with Gasteiger partial charge in [-0.15, -0.1) is 0 Å². The van der Waals surface area contributed by atoms with Crippen LogP contribution < -0.4 is 16.1 Å². The molecule has 0 aromatic carbocycles. The van der Waals surface area contributed by atoms with Crippen molar-refractivity contribution in [2.75, 3.05) is 10.6 Å². The first-order chi connectivity index (χ1) is 29.4. The van der Waals surface area contributed by atoms with Crippen molar-refractivity contribution in [1.82, 2.24) is 59.0 Å². The van der Waals surface area contributed by atoms with Crippen LogP contribution in [0.15, 0.2) is 98.4 Å². The molecular weight excluding hydrogens is 845 g/mol. The highest BCUT2D eigenvalue weighted by atomic mass is 35.5. The largest absolute Gasteiger partial charge is 0.488 e. The zero-order chi connectivity index (χ0) is 44.8. The molecule has 0 saturated heterocycles. The summed E-state index contributed by atoms with van der Waals surface area (Å²) in [5.74, 6) is 0.944. The number of aromatic nitrogens is 12. The molecule has 0 atom stereocenters. The van der Waals surface area contributed by atoms with Crippen molar-refractivity contribution in [3.8, 4) is 11.4 Å². The second kappa shape index (κ2) is 18.8. The van der Waals surface area contributed by atoms with Gasteiger partial charge >= 0.3 is 19.5 Å². The highest BCUT2D eigenvalue weighted by Gasteiger charge is 2.33. The molecule has 8 aromatic rings. The average molecular weight is 879 g/mol. The molecule has 8 heterocycles. The molecule has 0 fully saturated rings. The van der Waals surface area contributed by atoms with Crippen molar-refractivity contribution in [2.45, 2.75) is 52.1 Å². The number of hydrogen-bond acceptors (Lipinski definition) is 14. The van der Waals surface area contributed by atoms with E-state index < -0.39 is 30.9 Å². The first-order valence-corrected chi connectivity index (χ1v) is 18.7. The van der Waals surface area contributed by atoms with Crippen LogP contribution in [0.25, 0.3) is 33.7 Å². The van der Waals surface area contributed by atoms with E-state index in [1.54, 1.807) is 53.9 Å². The molecule has 0 saturated carbocycles. The lowest BCUT2D eigenvalue weighted by Gasteiger charge is -2.12. The summed E-state index contributed by atoms with van der Waals surface area (Å²) in [6.45, 7) is 7.87. The monoisotopic (exact) mass is 878 g/mol. The molecule has 0 spiro atoms. The molecule has 0 amide bonds. The fourth-order valence-corrected chi connectivity index (χ4v) is 5.67. The lowest BCUT2D eigenvalue weighted by atomic mass is 9.81. The molecule has 4 N–H and O–H groups in total. The summed E-state index contributed by atoms with van der Waals surface area (Å²) in [6, 6.07) is 11.4. The maximum Gasteiger partial charge on any atom is 0.488 e. The molecule has 0 aliphatic carbocycles. The number of nitrogens with one attached hydrogen (secondary N) is 2. The van der Waals surface area contributed by atoms with Gasteiger partial charge in [0.25, 0.3) is 0 Å². The van der Waals surface area contributed by atoms with Crippen LogP contribution >= 0.6 is 11.6 Å². The van der Waals surface area contributed by atoms with Gasteiger partial charge in [0.15, 0.2) is 39.8 Å². The number of hydrogen-bond donors (Lipinski definition) is 4.